The highest BCUT2D eigenvalue weighted by atomic mass is 35.5. The van der Waals surface area contributed by atoms with Gasteiger partial charge in [-0.15, -0.1) is 11.3 Å². The van der Waals surface area contributed by atoms with Gasteiger partial charge in [0.25, 0.3) is 0 Å². The molecule has 0 saturated carbocycles. The van der Waals surface area contributed by atoms with E-state index < -0.39 is 0 Å². The van der Waals surface area contributed by atoms with Gasteiger partial charge in [0, 0.05) is 22.9 Å². The molecule has 1 unspecified atom stereocenters. The van der Waals surface area contributed by atoms with Crippen molar-refractivity contribution in [2.45, 2.75) is 39.7 Å². The molecular weight excluding hydrogens is 288 g/mol. The Morgan fingerprint density at radius 2 is 2.15 bits per heavy atom. The summed E-state index contributed by atoms with van der Waals surface area (Å²) in [5, 5.41) is 7.72. The molecule has 0 fully saturated rings. The Kier molecular flexibility index (Phi) is 5.58. The fourth-order valence-electron chi connectivity index (χ4n) is 2.32. The molecule has 4 heteroatoms. The maximum Gasteiger partial charge on any atom is 0.0897 e. The summed E-state index contributed by atoms with van der Waals surface area (Å²) in [6.45, 7) is 7.32. The number of aryl methyl sites for hydroxylation is 1. The van der Waals surface area contributed by atoms with Crippen molar-refractivity contribution in [1.82, 2.24) is 10.3 Å². The van der Waals surface area contributed by atoms with E-state index in [0.717, 1.165) is 40.7 Å². The Balaban J connectivity index is 2.24. The van der Waals surface area contributed by atoms with Gasteiger partial charge in [0.15, 0.2) is 0 Å². The van der Waals surface area contributed by atoms with Crippen LogP contribution in [0.15, 0.2) is 23.6 Å². The summed E-state index contributed by atoms with van der Waals surface area (Å²) < 4.78 is 0. The van der Waals surface area contributed by atoms with Crippen molar-refractivity contribution in [3.05, 3.63) is 50.4 Å². The van der Waals surface area contributed by atoms with E-state index in [1.54, 1.807) is 11.3 Å². The third kappa shape index (κ3) is 3.81. The lowest BCUT2D eigenvalue weighted by atomic mass is 9.97. The standard InChI is InChI=1S/C16H21ClN2S/c1-4-8-18-16(9-13-10-20-12(3)19-13)14-6-5-7-15(17)11(14)2/h5-7,10,16,18H,4,8-9H2,1-3H3. The van der Waals surface area contributed by atoms with Gasteiger partial charge in [0.05, 0.1) is 10.7 Å². The van der Waals surface area contributed by atoms with Gasteiger partial charge < -0.3 is 5.32 Å². The van der Waals surface area contributed by atoms with Crippen LogP contribution < -0.4 is 5.32 Å². The molecule has 0 saturated heterocycles. The summed E-state index contributed by atoms with van der Waals surface area (Å²) in [5.74, 6) is 0. The van der Waals surface area contributed by atoms with E-state index in [9.17, 15) is 0 Å². The lowest BCUT2D eigenvalue weighted by Gasteiger charge is -2.20. The van der Waals surface area contributed by atoms with Crippen LogP contribution in [-0.4, -0.2) is 11.5 Å². The van der Waals surface area contributed by atoms with Crippen LogP contribution in [-0.2, 0) is 6.42 Å². The number of nitrogens with zero attached hydrogens (tertiary/aromatic N) is 1. The van der Waals surface area contributed by atoms with Crippen molar-refractivity contribution >= 4 is 22.9 Å². The first-order chi connectivity index (χ1) is 9.61. The summed E-state index contributed by atoms with van der Waals surface area (Å²) in [7, 11) is 0. The van der Waals surface area contributed by atoms with E-state index in [2.05, 4.69) is 35.6 Å². The number of hydrogen-bond donors (Lipinski definition) is 1. The number of aromatic nitrogens is 1. The largest absolute Gasteiger partial charge is 0.310 e. The minimum absolute atomic E-state index is 0.273. The number of nitrogens with one attached hydrogen (secondary N) is 1. The van der Waals surface area contributed by atoms with E-state index in [-0.39, 0.29) is 6.04 Å². The number of thiazole rings is 1. The Bertz CT molecular complexity index is 565. The first-order valence-electron chi connectivity index (χ1n) is 7.01. The molecule has 1 aromatic heterocycles. The lowest BCUT2D eigenvalue weighted by Crippen LogP contribution is -2.25. The highest BCUT2D eigenvalue weighted by molar-refractivity contribution is 7.09. The summed E-state index contributed by atoms with van der Waals surface area (Å²) in [5.41, 5.74) is 3.59. The number of rotatable bonds is 6. The highest BCUT2D eigenvalue weighted by Crippen LogP contribution is 2.27. The van der Waals surface area contributed by atoms with Crippen molar-refractivity contribution in [1.29, 1.82) is 0 Å². The number of benzene rings is 1. The maximum absolute atomic E-state index is 6.26. The third-order valence-electron chi connectivity index (χ3n) is 3.41. The van der Waals surface area contributed by atoms with Gasteiger partial charge in [-0.1, -0.05) is 30.7 Å². The van der Waals surface area contributed by atoms with Crippen LogP contribution in [0.1, 0.15) is 41.2 Å². The average molecular weight is 309 g/mol. The molecule has 0 aliphatic rings. The van der Waals surface area contributed by atoms with Crippen LogP contribution >= 0.6 is 22.9 Å². The van der Waals surface area contributed by atoms with Gasteiger partial charge in [0.2, 0.25) is 0 Å². The predicted molar refractivity (Wildman–Crippen MR) is 87.8 cm³/mol. The van der Waals surface area contributed by atoms with Gasteiger partial charge in [-0.05, 0) is 44.0 Å². The molecule has 0 aliphatic heterocycles. The zero-order valence-electron chi connectivity index (χ0n) is 12.2. The van der Waals surface area contributed by atoms with Gasteiger partial charge in [0.1, 0.15) is 0 Å². The predicted octanol–water partition coefficient (Wildman–Crippen LogP) is 4.70. The van der Waals surface area contributed by atoms with Crippen LogP contribution in [0, 0.1) is 13.8 Å². The molecule has 1 N–H and O–H groups in total. The van der Waals surface area contributed by atoms with Gasteiger partial charge in [-0.2, -0.15) is 0 Å². The molecule has 2 aromatic rings. The summed E-state index contributed by atoms with van der Waals surface area (Å²) >= 11 is 7.97. The first kappa shape index (κ1) is 15.5. The van der Waals surface area contributed by atoms with E-state index >= 15 is 0 Å². The zero-order chi connectivity index (χ0) is 14.5. The number of halogens is 1. The Hall–Kier alpha value is -0.900. The molecule has 1 atom stereocenters. The normalized spacial score (nSPS) is 12.6. The van der Waals surface area contributed by atoms with Crippen LogP contribution in [0.25, 0.3) is 0 Å². The molecule has 0 bridgehead atoms. The minimum Gasteiger partial charge on any atom is -0.310 e. The molecule has 2 rings (SSSR count). The second kappa shape index (κ2) is 7.21. The highest BCUT2D eigenvalue weighted by Gasteiger charge is 2.16. The second-order valence-corrected chi connectivity index (χ2v) is 6.49. The minimum atomic E-state index is 0.273. The van der Waals surface area contributed by atoms with E-state index in [1.165, 1.54) is 5.56 Å². The Morgan fingerprint density at radius 3 is 2.80 bits per heavy atom. The molecule has 0 amide bonds. The van der Waals surface area contributed by atoms with Crippen molar-refractivity contribution in [3.63, 3.8) is 0 Å². The first-order valence-corrected chi connectivity index (χ1v) is 8.27. The van der Waals surface area contributed by atoms with Crippen LogP contribution in [0.2, 0.25) is 5.02 Å². The molecule has 0 spiro atoms. The molecule has 2 nitrogen and oxygen atoms in total. The Labute approximate surface area is 130 Å². The van der Waals surface area contributed by atoms with Crippen molar-refractivity contribution in [2.24, 2.45) is 0 Å². The Morgan fingerprint density at radius 1 is 1.35 bits per heavy atom. The van der Waals surface area contributed by atoms with Crippen molar-refractivity contribution in [2.75, 3.05) is 6.54 Å². The fourth-order valence-corrected chi connectivity index (χ4v) is 3.13. The molecule has 20 heavy (non-hydrogen) atoms. The lowest BCUT2D eigenvalue weighted by molar-refractivity contribution is 0.523. The molecule has 1 heterocycles. The summed E-state index contributed by atoms with van der Waals surface area (Å²) in [6, 6.07) is 6.41. The topological polar surface area (TPSA) is 24.9 Å². The van der Waals surface area contributed by atoms with Crippen molar-refractivity contribution < 1.29 is 0 Å². The van der Waals surface area contributed by atoms with Gasteiger partial charge >= 0.3 is 0 Å². The molecule has 1 aromatic carbocycles. The summed E-state index contributed by atoms with van der Waals surface area (Å²) in [4.78, 5) is 4.58. The van der Waals surface area contributed by atoms with Crippen LogP contribution in [0.4, 0.5) is 0 Å². The van der Waals surface area contributed by atoms with E-state index in [1.807, 2.05) is 19.1 Å². The van der Waals surface area contributed by atoms with Crippen LogP contribution in [0.3, 0.4) is 0 Å². The van der Waals surface area contributed by atoms with Gasteiger partial charge in [-0.3, -0.25) is 0 Å². The summed E-state index contributed by atoms with van der Waals surface area (Å²) in [6.07, 6.45) is 2.03. The molecule has 0 aliphatic carbocycles. The van der Waals surface area contributed by atoms with E-state index in [4.69, 9.17) is 11.6 Å². The zero-order valence-corrected chi connectivity index (χ0v) is 13.8. The molecular formula is C16H21ClN2S. The SMILES string of the molecule is CCCNC(Cc1csc(C)n1)c1cccc(Cl)c1C. The molecule has 0 radical (unpaired) electrons. The van der Waals surface area contributed by atoms with Crippen LogP contribution in [0.5, 0.6) is 0 Å². The smallest absolute Gasteiger partial charge is 0.0897 e. The average Bonchev–Trinajstić information content (AvgIpc) is 2.83. The van der Waals surface area contributed by atoms with E-state index in [0.29, 0.717) is 0 Å². The second-order valence-electron chi connectivity index (χ2n) is 5.02. The fraction of sp³-hybridized carbons (Fsp3) is 0.438. The number of hydrogen-bond acceptors (Lipinski definition) is 3. The quantitative estimate of drug-likeness (QED) is 0.837. The van der Waals surface area contributed by atoms with Crippen molar-refractivity contribution in [3.8, 4) is 0 Å². The monoisotopic (exact) mass is 308 g/mol. The molecule has 108 valence electrons. The third-order valence-corrected chi connectivity index (χ3v) is 4.64. The maximum atomic E-state index is 6.26. The van der Waals surface area contributed by atoms with Gasteiger partial charge in [-0.25, -0.2) is 4.98 Å².